The Morgan fingerprint density at radius 2 is 1.46 bits per heavy atom. The molecular weight excluding hydrogens is 294 g/mol. The third-order valence-corrected chi connectivity index (χ3v) is 4.02. The minimum Gasteiger partial charge on any atom is -0.338 e. The molecule has 3 heteroatoms. The lowest BCUT2D eigenvalue weighted by Gasteiger charge is -2.11. The molecule has 0 aliphatic rings. The van der Waals surface area contributed by atoms with Crippen molar-refractivity contribution >= 4 is 22.3 Å². The highest BCUT2D eigenvalue weighted by Gasteiger charge is 2.10. The van der Waals surface area contributed by atoms with E-state index < -0.39 is 0 Å². The SMILES string of the molecule is Cc1cccc(Nc2nnc(-c3ccccc3)c3ccccc23)c1. The van der Waals surface area contributed by atoms with Crippen molar-refractivity contribution in [3.63, 3.8) is 0 Å². The van der Waals surface area contributed by atoms with E-state index in [0.717, 1.165) is 33.5 Å². The van der Waals surface area contributed by atoms with Crippen LogP contribution < -0.4 is 5.32 Å². The zero-order valence-electron chi connectivity index (χ0n) is 13.4. The maximum Gasteiger partial charge on any atom is 0.161 e. The molecule has 0 spiro atoms. The van der Waals surface area contributed by atoms with E-state index in [-0.39, 0.29) is 0 Å². The Labute approximate surface area is 141 Å². The molecule has 0 radical (unpaired) electrons. The Morgan fingerprint density at radius 1 is 0.708 bits per heavy atom. The molecule has 0 saturated carbocycles. The number of anilines is 2. The van der Waals surface area contributed by atoms with Crippen LogP contribution >= 0.6 is 0 Å². The van der Waals surface area contributed by atoms with Gasteiger partial charge in [0, 0.05) is 22.0 Å². The second-order valence-electron chi connectivity index (χ2n) is 5.80. The fourth-order valence-corrected chi connectivity index (χ4v) is 2.86. The first-order valence-electron chi connectivity index (χ1n) is 7.96. The van der Waals surface area contributed by atoms with Gasteiger partial charge in [-0.2, -0.15) is 0 Å². The van der Waals surface area contributed by atoms with Crippen LogP contribution in [0.4, 0.5) is 11.5 Å². The highest BCUT2D eigenvalue weighted by molar-refractivity contribution is 6.00. The number of fused-ring (bicyclic) bond motifs is 1. The highest BCUT2D eigenvalue weighted by Crippen LogP contribution is 2.30. The van der Waals surface area contributed by atoms with Gasteiger partial charge in [0.05, 0.1) is 0 Å². The maximum absolute atomic E-state index is 4.48. The van der Waals surface area contributed by atoms with Gasteiger partial charge in [0.25, 0.3) is 0 Å². The van der Waals surface area contributed by atoms with Crippen LogP contribution in [0.5, 0.6) is 0 Å². The molecule has 0 unspecified atom stereocenters. The average molecular weight is 311 g/mol. The van der Waals surface area contributed by atoms with E-state index in [2.05, 4.69) is 58.8 Å². The van der Waals surface area contributed by atoms with Gasteiger partial charge in [-0.1, -0.05) is 66.7 Å². The van der Waals surface area contributed by atoms with Crippen LogP contribution in [0.25, 0.3) is 22.0 Å². The Kier molecular flexibility index (Phi) is 3.67. The van der Waals surface area contributed by atoms with Crippen molar-refractivity contribution in [3.05, 3.63) is 84.4 Å². The molecule has 1 heterocycles. The third-order valence-electron chi connectivity index (χ3n) is 4.02. The molecule has 0 saturated heterocycles. The topological polar surface area (TPSA) is 37.8 Å². The average Bonchev–Trinajstić information content (AvgIpc) is 2.63. The van der Waals surface area contributed by atoms with Crippen LogP contribution in [0.1, 0.15) is 5.56 Å². The van der Waals surface area contributed by atoms with Crippen molar-refractivity contribution in [3.8, 4) is 11.3 Å². The lowest BCUT2D eigenvalue weighted by molar-refractivity contribution is 1.06. The number of aryl methyl sites for hydroxylation is 1. The minimum absolute atomic E-state index is 0.774. The van der Waals surface area contributed by atoms with Crippen LogP contribution in [-0.2, 0) is 0 Å². The van der Waals surface area contributed by atoms with Crippen LogP contribution in [0.2, 0.25) is 0 Å². The van der Waals surface area contributed by atoms with Gasteiger partial charge < -0.3 is 5.32 Å². The van der Waals surface area contributed by atoms with E-state index in [9.17, 15) is 0 Å². The summed E-state index contributed by atoms with van der Waals surface area (Å²) in [5.41, 5.74) is 4.20. The summed E-state index contributed by atoms with van der Waals surface area (Å²) in [5.74, 6) is 0.774. The van der Waals surface area contributed by atoms with Crippen LogP contribution in [-0.4, -0.2) is 10.2 Å². The lowest BCUT2D eigenvalue weighted by Crippen LogP contribution is -1.99. The molecule has 116 valence electrons. The first kappa shape index (κ1) is 14.4. The first-order chi connectivity index (χ1) is 11.8. The Bertz CT molecular complexity index is 994. The number of hydrogen-bond acceptors (Lipinski definition) is 3. The quantitative estimate of drug-likeness (QED) is 0.554. The predicted molar refractivity (Wildman–Crippen MR) is 99.4 cm³/mol. The largest absolute Gasteiger partial charge is 0.338 e. The van der Waals surface area contributed by atoms with E-state index in [1.54, 1.807) is 0 Å². The van der Waals surface area contributed by atoms with E-state index >= 15 is 0 Å². The molecule has 1 aromatic heterocycles. The number of benzene rings is 3. The number of nitrogens with one attached hydrogen (secondary N) is 1. The van der Waals surface area contributed by atoms with Crippen molar-refractivity contribution in [1.82, 2.24) is 10.2 Å². The number of rotatable bonds is 3. The molecule has 0 atom stereocenters. The van der Waals surface area contributed by atoms with E-state index in [1.807, 2.05) is 42.5 Å². The van der Waals surface area contributed by atoms with Gasteiger partial charge in [-0.3, -0.25) is 0 Å². The maximum atomic E-state index is 4.48. The molecule has 24 heavy (non-hydrogen) atoms. The smallest absolute Gasteiger partial charge is 0.161 e. The molecule has 0 aliphatic carbocycles. The zero-order chi connectivity index (χ0) is 16.4. The van der Waals surface area contributed by atoms with Crippen molar-refractivity contribution < 1.29 is 0 Å². The zero-order valence-corrected chi connectivity index (χ0v) is 13.4. The van der Waals surface area contributed by atoms with E-state index in [1.165, 1.54) is 5.56 Å². The van der Waals surface area contributed by atoms with Gasteiger partial charge in [0.2, 0.25) is 0 Å². The molecule has 4 rings (SSSR count). The van der Waals surface area contributed by atoms with Crippen molar-refractivity contribution in [1.29, 1.82) is 0 Å². The monoisotopic (exact) mass is 311 g/mol. The van der Waals surface area contributed by atoms with Gasteiger partial charge in [-0.05, 0) is 24.6 Å². The molecule has 3 nitrogen and oxygen atoms in total. The van der Waals surface area contributed by atoms with Crippen LogP contribution in [0.15, 0.2) is 78.9 Å². The van der Waals surface area contributed by atoms with Crippen LogP contribution in [0.3, 0.4) is 0 Å². The summed E-state index contributed by atoms with van der Waals surface area (Å²) >= 11 is 0. The fourth-order valence-electron chi connectivity index (χ4n) is 2.86. The first-order valence-corrected chi connectivity index (χ1v) is 7.96. The van der Waals surface area contributed by atoms with Crippen LogP contribution in [0, 0.1) is 6.92 Å². The number of hydrogen-bond donors (Lipinski definition) is 1. The molecule has 1 N–H and O–H groups in total. The normalized spacial score (nSPS) is 10.7. The summed E-state index contributed by atoms with van der Waals surface area (Å²) in [6.45, 7) is 2.08. The third kappa shape index (κ3) is 2.72. The molecule has 0 aliphatic heterocycles. The molecule has 3 aromatic carbocycles. The Hall–Kier alpha value is -3.20. The van der Waals surface area contributed by atoms with Gasteiger partial charge in [0.1, 0.15) is 5.69 Å². The molecule has 4 aromatic rings. The summed E-state index contributed by atoms with van der Waals surface area (Å²) < 4.78 is 0. The number of nitrogens with zero attached hydrogens (tertiary/aromatic N) is 2. The Balaban J connectivity index is 1.84. The summed E-state index contributed by atoms with van der Waals surface area (Å²) in [6.07, 6.45) is 0. The predicted octanol–water partition coefficient (Wildman–Crippen LogP) is 5.35. The van der Waals surface area contributed by atoms with E-state index in [0.29, 0.717) is 0 Å². The molecular formula is C21H17N3. The summed E-state index contributed by atoms with van der Waals surface area (Å²) in [6, 6.07) is 26.6. The summed E-state index contributed by atoms with van der Waals surface area (Å²) in [4.78, 5) is 0. The standard InChI is InChI=1S/C21H17N3/c1-15-8-7-11-17(14-15)22-21-19-13-6-5-12-18(19)20(23-24-21)16-9-3-2-4-10-16/h2-14H,1H3,(H,22,24). The molecule has 0 amide bonds. The second kappa shape index (κ2) is 6.13. The number of aromatic nitrogens is 2. The van der Waals surface area contributed by atoms with E-state index in [4.69, 9.17) is 0 Å². The van der Waals surface area contributed by atoms with Crippen molar-refractivity contribution in [2.24, 2.45) is 0 Å². The summed E-state index contributed by atoms with van der Waals surface area (Å²) in [7, 11) is 0. The van der Waals surface area contributed by atoms with Crippen molar-refractivity contribution in [2.75, 3.05) is 5.32 Å². The van der Waals surface area contributed by atoms with Gasteiger partial charge in [-0.15, -0.1) is 10.2 Å². The lowest BCUT2D eigenvalue weighted by atomic mass is 10.0. The fraction of sp³-hybridized carbons (Fsp3) is 0.0476. The summed E-state index contributed by atoms with van der Waals surface area (Å²) in [5, 5.41) is 14.5. The molecule has 0 bridgehead atoms. The minimum atomic E-state index is 0.774. The van der Waals surface area contributed by atoms with Crippen molar-refractivity contribution in [2.45, 2.75) is 6.92 Å². The second-order valence-corrected chi connectivity index (χ2v) is 5.80. The molecule has 0 fully saturated rings. The Morgan fingerprint density at radius 3 is 2.25 bits per heavy atom. The van der Waals surface area contributed by atoms with Gasteiger partial charge in [0.15, 0.2) is 5.82 Å². The van der Waals surface area contributed by atoms with Gasteiger partial charge in [-0.25, -0.2) is 0 Å². The highest BCUT2D eigenvalue weighted by atomic mass is 15.2. The van der Waals surface area contributed by atoms with Gasteiger partial charge >= 0.3 is 0 Å².